The minimum Gasteiger partial charge on any atom is -0.547 e. The number of ether oxygens (including phenoxy) is 1. The van der Waals surface area contributed by atoms with Crippen molar-refractivity contribution in [2.45, 2.75) is 18.7 Å². The Hall–Kier alpha value is -0.963. The van der Waals surface area contributed by atoms with Crippen molar-refractivity contribution in [1.82, 2.24) is 4.90 Å². The van der Waals surface area contributed by atoms with Gasteiger partial charge in [0, 0.05) is 0 Å². The molecule has 7 heteroatoms. The van der Waals surface area contributed by atoms with Crippen molar-refractivity contribution in [2.75, 3.05) is 6.61 Å². The van der Waals surface area contributed by atoms with E-state index in [0.717, 1.165) is 4.90 Å². The number of hydrogen-bond acceptors (Lipinski definition) is 5. The van der Waals surface area contributed by atoms with Gasteiger partial charge < -0.3 is 19.7 Å². The zero-order valence-electron chi connectivity index (χ0n) is 8.17. The molecule has 0 radical (unpaired) electrons. The number of amides is 1. The predicted molar refractivity (Wildman–Crippen MR) is 40.3 cm³/mol. The molecule has 2 heterocycles. The zero-order chi connectivity index (χ0) is 10.3. The normalized spacial score (nSPS) is 30.3. The summed E-state index contributed by atoms with van der Waals surface area (Å²) in [5.41, 5.74) is 0. The molecule has 2 unspecified atom stereocenters. The first-order valence-electron chi connectivity index (χ1n) is 4.14. The van der Waals surface area contributed by atoms with E-state index in [1.165, 1.54) is 6.08 Å². The van der Waals surface area contributed by atoms with Crippen molar-refractivity contribution in [2.24, 2.45) is 0 Å². The van der Waals surface area contributed by atoms with Crippen LogP contribution in [0.2, 0.25) is 0 Å². The van der Waals surface area contributed by atoms with Crippen LogP contribution in [-0.4, -0.2) is 40.8 Å². The van der Waals surface area contributed by atoms with E-state index in [1.807, 2.05) is 0 Å². The summed E-state index contributed by atoms with van der Waals surface area (Å²) in [5, 5.41) is 19.3. The Morgan fingerprint density at radius 3 is 2.87 bits per heavy atom. The van der Waals surface area contributed by atoms with Gasteiger partial charge in [-0.05, 0) is 6.08 Å². The molecule has 15 heavy (non-hydrogen) atoms. The molecular weight excluding hydrogens is 197 g/mol. The molecule has 2 fully saturated rings. The topological polar surface area (TPSA) is 89.9 Å². The number of aliphatic hydroxyl groups is 1. The average molecular weight is 205 g/mol. The second-order valence-corrected chi connectivity index (χ2v) is 3.09. The van der Waals surface area contributed by atoms with E-state index >= 15 is 0 Å². The fourth-order valence-electron chi connectivity index (χ4n) is 1.65. The Kier molecular flexibility index (Phi) is 3.45. The van der Waals surface area contributed by atoms with Gasteiger partial charge in [-0.2, -0.15) is 0 Å². The van der Waals surface area contributed by atoms with Crippen molar-refractivity contribution >= 4 is 11.9 Å². The molecule has 0 aromatic carbocycles. The summed E-state index contributed by atoms with van der Waals surface area (Å²) in [6.07, 6.45) is 0.918. The monoisotopic (exact) mass is 205 g/mol. The van der Waals surface area contributed by atoms with Crippen molar-refractivity contribution in [3.8, 4) is 0 Å². The SMILES string of the molecule is O=C([O-])C1C(=CCO)OC2CC(=O)N21.[Li+]. The molecule has 0 aromatic heterocycles. The van der Waals surface area contributed by atoms with Crippen LogP contribution in [-0.2, 0) is 14.3 Å². The number of hydrogen-bond donors (Lipinski definition) is 1. The number of rotatable bonds is 2. The predicted octanol–water partition coefficient (Wildman–Crippen LogP) is -5.43. The molecule has 0 spiro atoms. The fraction of sp³-hybridized carbons (Fsp3) is 0.500. The number of fused-ring (bicyclic) bond motifs is 1. The average Bonchev–Trinajstić information content (AvgIpc) is 2.39. The van der Waals surface area contributed by atoms with E-state index in [9.17, 15) is 14.7 Å². The smallest absolute Gasteiger partial charge is 0.547 e. The molecule has 6 nitrogen and oxygen atoms in total. The van der Waals surface area contributed by atoms with Gasteiger partial charge in [0.15, 0.2) is 6.23 Å². The summed E-state index contributed by atoms with van der Waals surface area (Å²) in [7, 11) is 0. The summed E-state index contributed by atoms with van der Waals surface area (Å²) in [6.45, 7) is -0.326. The van der Waals surface area contributed by atoms with Crippen LogP contribution in [0, 0.1) is 0 Å². The third-order valence-corrected chi connectivity index (χ3v) is 2.28. The minimum atomic E-state index is -1.39. The van der Waals surface area contributed by atoms with Gasteiger partial charge in [0.1, 0.15) is 11.8 Å². The Labute approximate surface area is 97.7 Å². The summed E-state index contributed by atoms with van der Waals surface area (Å²) in [4.78, 5) is 22.9. The standard InChI is InChI=1S/C8H9NO5.Li/c10-2-1-4-7(8(12)13)9-5(11)3-6(9)14-4;/h1,6-7,10H,2-3H2,(H,12,13);/q;+1/p-1. The number of carbonyl (C=O) groups excluding carboxylic acids is 2. The van der Waals surface area contributed by atoms with Crippen molar-refractivity contribution in [3.63, 3.8) is 0 Å². The van der Waals surface area contributed by atoms with Crippen LogP contribution in [0.5, 0.6) is 0 Å². The maximum atomic E-state index is 11.0. The van der Waals surface area contributed by atoms with E-state index in [4.69, 9.17) is 9.84 Å². The van der Waals surface area contributed by atoms with E-state index in [-0.39, 0.29) is 43.6 Å². The summed E-state index contributed by atoms with van der Waals surface area (Å²) in [6, 6.07) is -1.17. The molecule has 2 aliphatic heterocycles. The fourth-order valence-corrected chi connectivity index (χ4v) is 1.65. The molecule has 2 rings (SSSR count). The first kappa shape index (κ1) is 12.1. The molecular formula is C8H8LiNO5. The van der Waals surface area contributed by atoms with E-state index in [1.54, 1.807) is 0 Å². The maximum absolute atomic E-state index is 11.0. The van der Waals surface area contributed by atoms with Crippen LogP contribution in [0.3, 0.4) is 0 Å². The van der Waals surface area contributed by atoms with Crippen LogP contribution >= 0.6 is 0 Å². The number of aliphatic carboxylic acids is 1. The van der Waals surface area contributed by atoms with Crippen LogP contribution in [0.4, 0.5) is 0 Å². The Balaban J connectivity index is 0.00000112. The number of β-lactam (4-membered cyclic amide) rings is 1. The Morgan fingerprint density at radius 2 is 2.40 bits per heavy atom. The van der Waals surface area contributed by atoms with Gasteiger partial charge in [0.2, 0.25) is 5.91 Å². The van der Waals surface area contributed by atoms with Crippen LogP contribution < -0.4 is 24.0 Å². The number of carboxylic acids is 1. The van der Waals surface area contributed by atoms with Crippen LogP contribution in [0.25, 0.3) is 0 Å². The number of carbonyl (C=O) groups is 2. The Morgan fingerprint density at radius 1 is 1.73 bits per heavy atom. The third-order valence-electron chi connectivity index (χ3n) is 2.28. The quantitative estimate of drug-likeness (QED) is 0.359. The summed E-state index contributed by atoms with van der Waals surface area (Å²) < 4.78 is 5.13. The second kappa shape index (κ2) is 4.27. The van der Waals surface area contributed by atoms with Gasteiger partial charge in [0.25, 0.3) is 0 Å². The maximum Gasteiger partial charge on any atom is 1.00 e. The summed E-state index contributed by atoms with van der Waals surface area (Å²) in [5.74, 6) is -1.57. The molecule has 1 amide bonds. The van der Waals surface area contributed by atoms with E-state index < -0.39 is 18.2 Å². The molecule has 1 N–H and O–H groups in total. The number of carboxylic acid groups (broad SMARTS) is 1. The van der Waals surface area contributed by atoms with Crippen LogP contribution in [0.15, 0.2) is 11.8 Å². The molecule has 2 atom stereocenters. The molecule has 0 bridgehead atoms. The second-order valence-electron chi connectivity index (χ2n) is 3.09. The van der Waals surface area contributed by atoms with Crippen LogP contribution in [0.1, 0.15) is 6.42 Å². The molecule has 0 saturated carbocycles. The van der Waals surface area contributed by atoms with Crippen molar-refractivity contribution in [1.29, 1.82) is 0 Å². The van der Waals surface area contributed by atoms with Crippen molar-refractivity contribution in [3.05, 3.63) is 11.8 Å². The molecule has 76 valence electrons. The number of aliphatic hydroxyl groups excluding tert-OH is 1. The minimum absolute atomic E-state index is 0. The van der Waals surface area contributed by atoms with Gasteiger partial charge in [-0.1, -0.05) is 0 Å². The van der Waals surface area contributed by atoms with Gasteiger partial charge >= 0.3 is 18.9 Å². The summed E-state index contributed by atoms with van der Waals surface area (Å²) >= 11 is 0. The van der Waals surface area contributed by atoms with Gasteiger partial charge in [-0.15, -0.1) is 0 Å². The number of nitrogens with zero attached hydrogens (tertiary/aromatic N) is 1. The van der Waals surface area contributed by atoms with Gasteiger partial charge in [-0.25, -0.2) is 0 Å². The third kappa shape index (κ3) is 1.76. The molecule has 2 saturated heterocycles. The Bertz CT molecular complexity index is 329. The first-order chi connectivity index (χ1) is 6.65. The van der Waals surface area contributed by atoms with Gasteiger partial charge in [-0.3, -0.25) is 9.69 Å². The molecule has 2 aliphatic rings. The van der Waals surface area contributed by atoms with Crippen molar-refractivity contribution < 1.29 is 43.4 Å². The zero-order valence-corrected chi connectivity index (χ0v) is 8.17. The molecule has 0 aliphatic carbocycles. The van der Waals surface area contributed by atoms with Gasteiger partial charge in [0.05, 0.1) is 19.0 Å². The van der Waals surface area contributed by atoms with E-state index in [2.05, 4.69) is 0 Å². The largest absolute Gasteiger partial charge is 1.00 e. The van der Waals surface area contributed by atoms with E-state index in [0.29, 0.717) is 0 Å². The first-order valence-corrected chi connectivity index (χ1v) is 4.14. The molecule has 0 aromatic rings.